The summed E-state index contributed by atoms with van der Waals surface area (Å²) >= 11 is 0. The Morgan fingerprint density at radius 1 is 1.82 bits per heavy atom. The van der Waals surface area contributed by atoms with Crippen LogP contribution in [0.15, 0.2) is 28.0 Å². The third-order valence-electron chi connectivity index (χ3n) is 1.07. The van der Waals surface area contributed by atoms with Crippen LogP contribution in [0.2, 0.25) is 0 Å². The van der Waals surface area contributed by atoms with Crippen molar-refractivity contribution in [1.29, 1.82) is 0 Å². The Kier molecular flexibility index (Phi) is 2.54. The fourth-order valence-corrected chi connectivity index (χ4v) is 0.603. The molecule has 0 amide bonds. The van der Waals surface area contributed by atoms with E-state index in [9.17, 15) is 0 Å². The lowest BCUT2D eigenvalue weighted by Crippen LogP contribution is -2.12. The molecule has 1 rings (SSSR count). The van der Waals surface area contributed by atoms with Gasteiger partial charge in [-0.25, -0.2) is 0 Å². The first-order valence-corrected chi connectivity index (χ1v) is 3.34. The maximum absolute atomic E-state index is 5.46. The van der Waals surface area contributed by atoms with Crippen molar-refractivity contribution in [3.05, 3.63) is 24.2 Å². The van der Waals surface area contributed by atoms with Crippen molar-refractivity contribution in [1.82, 2.24) is 0 Å². The molecule has 60 valence electrons. The van der Waals surface area contributed by atoms with Crippen LogP contribution in [0.1, 0.15) is 12.7 Å². The molecular formula is C7H10N2O2. The van der Waals surface area contributed by atoms with E-state index in [0.717, 1.165) is 0 Å². The van der Waals surface area contributed by atoms with E-state index in [1.807, 2.05) is 6.92 Å². The highest BCUT2D eigenvalue weighted by Gasteiger charge is 1.99. The number of rotatable bonds is 3. The monoisotopic (exact) mass is 154 g/mol. The molecule has 4 nitrogen and oxygen atoms in total. The van der Waals surface area contributed by atoms with Crippen molar-refractivity contribution in [2.24, 2.45) is 10.9 Å². The minimum absolute atomic E-state index is 0.261. The summed E-state index contributed by atoms with van der Waals surface area (Å²) < 4.78 is 4.96. The number of furan rings is 1. The van der Waals surface area contributed by atoms with Gasteiger partial charge in [-0.1, -0.05) is 5.16 Å². The Labute approximate surface area is 64.6 Å². The maximum Gasteiger partial charge on any atom is 0.206 e. The quantitative estimate of drug-likeness (QED) is 0.400. The average Bonchev–Trinajstić information content (AvgIpc) is 2.52. The Bertz CT molecular complexity index is 229. The van der Waals surface area contributed by atoms with E-state index in [1.165, 1.54) is 6.26 Å². The van der Waals surface area contributed by atoms with Crippen molar-refractivity contribution >= 4 is 5.84 Å². The lowest BCUT2D eigenvalue weighted by Gasteiger charge is -1.94. The Morgan fingerprint density at radius 2 is 2.64 bits per heavy atom. The molecule has 11 heavy (non-hydrogen) atoms. The Hall–Kier alpha value is -1.45. The van der Waals surface area contributed by atoms with Gasteiger partial charge in [0.15, 0.2) is 5.76 Å². The molecule has 0 radical (unpaired) electrons. The van der Waals surface area contributed by atoms with Crippen LogP contribution in [-0.2, 0) is 4.84 Å². The van der Waals surface area contributed by atoms with Gasteiger partial charge in [0.05, 0.1) is 6.26 Å². The van der Waals surface area contributed by atoms with E-state index in [-0.39, 0.29) is 5.84 Å². The molecule has 0 bridgehead atoms. The molecule has 1 aromatic rings. The van der Waals surface area contributed by atoms with Crippen molar-refractivity contribution in [3.8, 4) is 0 Å². The summed E-state index contributed by atoms with van der Waals surface area (Å²) in [5, 5.41) is 3.59. The van der Waals surface area contributed by atoms with Gasteiger partial charge in [0.25, 0.3) is 0 Å². The standard InChI is InChI=1S/C7H10N2O2/c1-2-11-9-7(8)6-4-3-5-10-6/h3-5H,2H2,1H3,(H2,8,9). The van der Waals surface area contributed by atoms with Gasteiger partial charge in [0, 0.05) is 0 Å². The highest BCUT2D eigenvalue weighted by atomic mass is 16.6. The fourth-order valence-electron chi connectivity index (χ4n) is 0.603. The highest BCUT2D eigenvalue weighted by Crippen LogP contribution is 1.98. The van der Waals surface area contributed by atoms with Crippen LogP contribution in [0.25, 0.3) is 0 Å². The fraction of sp³-hybridized carbons (Fsp3) is 0.286. The van der Waals surface area contributed by atoms with Crippen LogP contribution in [0.3, 0.4) is 0 Å². The van der Waals surface area contributed by atoms with Crippen LogP contribution in [0.4, 0.5) is 0 Å². The number of hydrogen-bond donors (Lipinski definition) is 1. The number of nitrogens with zero attached hydrogens (tertiary/aromatic N) is 1. The van der Waals surface area contributed by atoms with E-state index in [2.05, 4.69) is 5.16 Å². The topological polar surface area (TPSA) is 60.8 Å². The van der Waals surface area contributed by atoms with Gasteiger partial charge in [-0.3, -0.25) is 0 Å². The first-order chi connectivity index (χ1) is 5.34. The van der Waals surface area contributed by atoms with Crippen molar-refractivity contribution < 1.29 is 9.25 Å². The SMILES string of the molecule is CCO/N=C(\N)c1ccco1. The van der Waals surface area contributed by atoms with Crippen LogP contribution in [-0.4, -0.2) is 12.4 Å². The van der Waals surface area contributed by atoms with Gasteiger partial charge < -0.3 is 15.0 Å². The van der Waals surface area contributed by atoms with Crippen LogP contribution in [0, 0.1) is 0 Å². The van der Waals surface area contributed by atoms with E-state index in [0.29, 0.717) is 12.4 Å². The summed E-state index contributed by atoms with van der Waals surface area (Å²) in [7, 11) is 0. The Balaban J connectivity index is 2.62. The smallest absolute Gasteiger partial charge is 0.206 e. The second kappa shape index (κ2) is 3.65. The molecule has 1 aromatic heterocycles. The van der Waals surface area contributed by atoms with Gasteiger partial charge in [-0.15, -0.1) is 0 Å². The Morgan fingerprint density at radius 3 is 3.18 bits per heavy atom. The number of nitrogens with two attached hydrogens (primary N) is 1. The zero-order valence-electron chi connectivity index (χ0n) is 6.28. The molecule has 0 fully saturated rings. The largest absolute Gasteiger partial charge is 0.461 e. The third-order valence-corrected chi connectivity index (χ3v) is 1.07. The molecule has 0 atom stereocenters. The number of oxime groups is 1. The zero-order chi connectivity index (χ0) is 8.10. The molecule has 0 unspecified atom stereocenters. The second-order valence-corrected chi connectivity index (χ2v) is 1.87. The first kappa shape index (κ1) is 7.65. The summed E-state index contributed by atoms with van der Waals surface area (Å²) in [5.74, 6) is 0.787. The molecule has 0 aliphatic carbocycles. The lowest BCUT2D eigenvalue weighted by molar-refractivity contribution is 0.158. The minimum Gasteiger partial charge on any atom is -0.461 e. The molecule has 2 N–H and O–H groups in total. The van der Waals surface area contributed by atoms with E-state index < -0.39 is 0 Å². The summed E-state index contributed by atoms with van der Waals surface area (Å²) in [6, 6.07) is 3.46. The highest BCUT2D eigenvalue weighted by molar-refractivity contribution is 5.94. The van der Waals surface area contributed by atoms with Crippen LogP contribution < -0.4 is 5.73 Å². The second-order valence-electron chi connectivity index (χ2n) is 1.87. The molecule has 0 aliphatic heterocycles. The normalized spacial score (nSPS) is 11.5. The maximum atomic E-state index is 5.46. The molecule has 0 saturated heterocycles. The summed E-state index contributed by atoms with van der Waals surface area (Å²) in [6.07, 6.45) is 1.53. The van der Waals surface area contributed by atoms with Gasteiger partial charge >= 0.3 is 0 Å². The predicted octanol–water partition coefficient (Wildman–Crippen LogP) is 0.936. The molecule has 0 spiro atoms. The van der Waals surface area contributed by atoms with Gasteiger partial charge in [-0.2, -0.15) is 0 Å². The zero-order valence-corrected chi connectivity index (χ0v) is 6.28. The summed E-state index contributed by atoms with van der Waals surface area (Å²) in [5.41, 5.74) is 5.46. The molecular weight excluding hydrogens is 144 g/mol. The molecule has 0 saturated carbocycles. The number of hydrogen-bond acceptors (Lipinski definition) is 3. The van der Waals surface area contributed by atoms with E-state index in [4.69, 9.17) is 15.0 Å². The van der Waals surface area contributed by atoms with E-state index >= 15 is 0 Å². The van der Waals surface area contributed by atoms with Gasteiger partial charge in [-0.05, 0) is 19.1 Å². The van der Waals surface area contributed by atoms with E-state index in [1.54, 1.807) is 12.1 Å². The third kappa shape index (κ3) is 2.00. The minimum atomic E-state index is 0.261. The number of amidine groups is 1. The van der Waals surface area contributed by atoms with Crippen LogP contribution >= 0.6 is 0 Å². The van der Waals surface area contributed by atoms with Gasteiger partial charge in [0.1, 0.15) is 6.61 Å². The first-order valence-electron chi connectivity index (χ1n) is 3.34. The summed E-state index contributed by atoms with van der Waals surface area (Å²) in [4.78, 5) is 4.72. The summed E-state index contributed by atoms with van der Waals surface area (Å²) in [6.45, 7) is 2.33. The van der Waals surface area contributed by atoms with Crippen molar-refractivity contribution in [2.45, 2.75) is 6.92 Å². The van der Waals surface area contributed by atoms with Crippen LogP contribution in [0.5, 0.6) is 0 Å². The van der Waals surface area contributed by atoms with Crippen molar-refractivity contribution in [2.75, 3.05) is 6.61 Å². The molecule has 0 aliphatic rings. The molecule has 1 heterocycles. The average molecular weight is 154 g/mol. The molecule has 4 heteroatoms. The predicted molar refractivity (Wildman–Crippen MR) is 41.1 cm³/mol. The van der Waals surface area contributed by atoms with Gasteiger partial charge in [0.2, 0.25) is 5.84 Å². The van der Waals surface area contributed by atoms with Crippen molar-refractivity contribution in [3.63, 3.8) is 0 Å². The molecule has 0 aromatic carbocycles. The lowest BCUT2D eigenvalue weighted by atomic mass is 10.4.